The molecule has 2 rings (SSSR count). The van der Waals surface area contributed by atoms with Crippen molar-refractivity contribution in [3.8, 4) is 0 Å². The Bertz CT molecular complexity index is 441. The number of nitrogens with zero attached hydrogens (tertiary/aromatic N) is 1. The molecule has 106 valence electrons. The number of allylic oxidation sites excluding steroid dienone is 3. The molecule has 0 spiro atoms. The first kappa shape index (κ1) is 14.7. The van der Waals surface area contributed by atoms with E-state index in [1.807, 2.05) is 6.08 Å². The van der Waals surface area contributed by atoms with Gasteiger partial charge in [-0.15, -0.1) is 10.9 Å². The van der Waals surface area contributed by atoms with Gasteiger partial charge in [0.1, 0.15) is 4.38 Å². The molecular weight excluding hydrogens is 278 g/mol. The lowest BCUT2D eigenvalue weighted by molar-refractivity contribution is -0.131. The quantitative estimate of drug-likeness (QED) is 0.577. The largest absolute Gasteiger partial charge is 0.477 e. The average Bonchev–Trinajstić information content (AvgIpc) is 3.02. The molecule has 0 aliphatic carbocycles. The van der Waals surface area contributed by atoms with Gasteiger partial charge in [-0.25, -0.2) is 4.79 Å². The lowest BCUT2D eigenvalue weighted by atomic mass is 10.1. The van der Waals surface area contributed by atoms with Crippen molar-refractivity contribution in [1.82, 2.24) is 0 Å². The minimum absolute atomic E-state index is 0.564. The van der Waals surface area contributed by atoms with Gasteiger partial charge in [0, 0.05) is 5.75 Å². The van der Waals surface area contributed by atoms with Gasteiger partial charge >= 0.3 is 5.97 Å². The molecule has 0 saturated heterocycles. The third-order valence-electron chi connectivity index (χ3n) is 3.23. The van der Waals surface area contributed by atoms with Gasteiger partial charge in [0.05, 0.1) is 11.4 Å². The van der Waals surface area contributed by atoms with Crippen LogP contribution in [0.15, 0.2) is 27.0 Å². The standard InChI is InChI=1S/C14H21NO2S2/c1-2-3-4-5-6-11-7-8-12(13(16)17)19(11)14-15-9-10-18-14/h7-8,19H,2-6,9-10H2,1H3,(H,16,17). The molecule has 0 aromatic rings. The van der Waals surface area contributed by atoms with Gasteiger partial charge in [-0.3, -0.25) is 4.99 Å². The molecular formula is C14H21NO2S2. The Kier molecular flexibility index (Phi) is 5.58. The molecule has 19 heavy (non-hydrogen) atoms. The van der Waals surface area contributed by atoms with Gasteiger partial charge in [-0.2, -0.15) is 0 Å². The monoisotopic (exact) mass is 299 g/mol. The summed E-state index contributed by atoms with van der Waals surface area (Å²) < 4.78 is 1.07. The summed E-state index contributed by atoms with van der Waals surface area (Å²) in [6.07, 6.45) is 9.75. The van der Waals surface area contributed by atoms with Crippen LogP contribution in [0.5, 0.6) is 0 Å². The summed E-state index contributed by atoms with van der Waals surface area (Å²) in [7, 11) is -0.798. The highest BCUT2D eigenvalue weighted by Crippen LogP contribution is 2.54. The molecule has 0 aromatic carbocycles. The SMILES string of the molecule is CCCCCCC1=CC=C(C(=O)O)[SH]1C1=NCCS1. The molecule has 1 atom stereocenters. The first-order valence-corrected chi connectivity index (χ1v) is 9.18. The zero-order valence-electron chi connectivity index (χ0n) is 11.3. The summed E-state index contributed by atoms with van der Waals surface area (Å²) in [6.45, 7) is 3.05. The van der Waals surface area contributed by atoms with Crippen LogP contribution in [0.2, 0.25) is 0 Å². The lowest BCUT2D eigenvalue weighted by Crippen LogP contribution is -2.04. The predicted molar refractivity (Wildman–Crippen MR) is 86.3 cm³/mol. The second-order valence-corrected chi connectivity index (χ2v) is 8.21. The maximum Gasteiger partial charge on any atom is 0.341 e. The third kappa shape index (κ3) is 3.66. The number of unbranched alkanes of at least 4 members (excludes halogenated alkanes) is 3. The summed E-state index contributed by atoms with van der Waals surface area (Å²) in [6, 6.07) is 0. The van der Waals surface area contributed by atoms with E-state index < -0.39 is 16.9 Å². The number of carboxylic acids is 1. The third-order valence-corrected chi connectivity index (χ3v) is 7.23. The Morgan fingerprint density at radius 1 is 1.42 bits per heavy atom. The van der Waals surface area contributed by atoms with E-state index in [0.29, 0.717) is 4.91 Å². The van der Waals surface area contributed by atoms with Crippen LogP contribution < -0.4 is 0 Å². The number of carbonyl (C=O) groups is 1. The van der Waals surface area contributed by atoms with Crippen LogP contribution in [0.3, 0.4) is 0 Å². The van der Waals surface area contributed by atoms with Gasteiger partial charge in [0.15, 0.2) is 0 Å². The zero-order chi connectivity index (χ0) is 13.7. The van der Waals surface area contributed by atoms with Gasteiger partial charge < -0.3 is 5.11 Å². The fourth-order valence-electron chi connectivity index (χ4n) is 2.26. The molecule has 0 aromatic heterocycles. The van der Waals surface area contributed by atoms with Crippen LogP contribution in [0.1, 0.15) is 39.0 Å². The van der Waals surface area contributed by atoms with E-state index in [1.54, 1.807) is 17.8 Å². The number of aliphatic imine (C=N–C) groups is 1. The summed E-state index contributed by atoms with van der Waals surface area (Å²) in [4.78, 5) is 17.7. The first-order valence-electron chi connectivity index (χ1n) is 6.85. The van der Waals surface area contributed by atoms with E-state index in [0.717, 1.165) is 29.5 Å². The molecule has 0 bridgehead atoms. The van der Waals surface area contributed by atoms with Crippen LogP contribution in [0.4, 0.5) is 0 Å². The normalized spacial score (nSPS) is 24.1. The smallest absolute Gasteiger partial charge is 0.341 e. The van der Waals surface area contributed by atoms with Crippen LogP contribution in [-0.4, -0.2) is 27.7 Å². The number of hydrogen-bond donors (Lipinski definition) is 2. The van der Waals surface area contributed by atoms with Gasteiger partial charge in [0.2, 0.25) is 0 Å². The van der Waals surface area contributed by atoms with Crippen molar-refractivity contribution in [2.24, 2.45) is 4.99 Å². The highest BCUT2D eigenvalue weighted by atomic mass is 32.2. The second-order valence-electron chi connectivity index (χ2n) is 4.67. The predicted octanol–water partition coefficient (Wildman–Crippen LogP) is 3.93. The molecule has 2 aliphatic heterocycles. The molecule has 2 aliphatic rings. The van der Waals surface area contributed by atoms with Crippen LogP contribution in [0, 0.1) is 0 Å². The molecule has 0 fully saturated rings. The second kappa shape index (κ2) is 7.20. The Balaban J connectivity index is 2.01. The zero-order valence-corrected chi connectivity index (χ0v) is 13.0. The van der Waals surface area contributed by atoms with Crippen LogP contribution in [0.25, 0.3) is 0 Å². The average molecular weight is 299 g/mol. The maximum absolute atomic E-state index is 11.3. The van der Waals surface area contributed by atoms with Crippen LogP contribution in [-0.2, 0) is 4.79 Å². The number of thiol groups is 1. The van der Waals surface area contributed by atoms with E-state index in [2.05, 4.69) is 11.9 Å². The highest BCUT2D eigenvalue weighted by molar-refractivity contribution is 8.51. The van der Waals surface area contributed by atoms with Crippen molar-refractivity contribution in [2.75, 3.05) is 12.3 Å². The van der Waals surface area contributed by atoms with Crippen molar-refractivity contribution in [3.63, 3.8) is 0 Å². The number of rotatable bonds is 6. The fourth-order valence-corrected chi connectivity index (χ4v) is 6.27. The van der Waals surface area contributed by atoms with E-state index >= 15 is 0 Å². The van der Waals surface area contributed by atoms with E-state index in [-0.39, 0.29) is 0 Å². The Labute approximate surface area is 121 Å². The summed E-state index contributed by atoms with van der Waals surface area (Å²) in [5, 5.41) is 9.32. The van der Waals surface area contributed by atoms with Crippen molar-refractivity contribution < 1.29 is 9.90 Å². The van der Waals surface area contributed by atoms with Gasteiger partial charge in [-0.05, 0) is 23.8 Å². The van der Waals surface area contributed by atoms with Crippen molar-refractivity contribution in [2.45, 2.75) is 39.0 Å². The Morgan fingerprint density at radius 3 is 2.89 bits per heavy atom. The van der Waals surface area contributed by atoms with Gasteiger partial charge in [0.25, 0.3) is 0 Å². The molecule has 3 nitrogen and oxygen atoms in total. The molecule has 1 N–H and O–H groups in total. The molecule has 1 unspecified atom stereocenters. The lowest BCUT2D eigenvalue weighted by Gasteiger charge is -2.21. The maximum atomic E-state index is 11.3. The number of hydrogen-bond acceptors (Lipinski definition) is 3. The number of aliphatic carboxylic acids is 1. The Hall–Kier alpha value is -0.680. The molecule has 0 radical (unpaired) electrons. The molecule has 5 heteroatoms. The number of carboxylic acid groups (broad SMARTS) is 1. The van der Waals surface area contributed by atoms with E-state index in [9.17, 15) is 9.90 Å². The summed E-state index contributed by atoms with van der Waals surface area (Å²) >= 11 is 1.74. The van der Waals surface area contributed by atoms with Crippen LogP contribution >= 0.6 is 22.7 Å². The van der Waals surface area contributed by atoms with Crippen molar-refractivity contribution >= 4 is 33.0 Å². The Morgan fingerprint density at radius 2 is 2.26 bits per heavy atom. The van der Waals surface area contributed by atoms with E-state index in [1.165, 1.54) is 24.2 Å². The molecule has 2 heterocycles. The van der Waals surface area contributed by atoms with Crippen molar-refractivity contribution in [3.05, 3.63) is 22.0 Å². The number of thioether (sulfide) groups is 1. The summed E-state index contributed by atoms with van der Waals surface area (Å²) in [5.74, 6) is 0.227. The molecule has 0 amide bonds. The minimum atomic E-state index is -0.798. The fraction of sp³-hybridized carbons (Fsp3) is 0.571. The highest BCUT2D eigenvalue weighted by Gasteiger charge is 2.29. The first-order chi connectivity index (χ1) is 9.24. The van der Waals surface area contributed by atoms with Gasteiger partial charge in [-0.1, -0.05) is 44.0 Å². The minimum Gasteiger partial charge on any atom is -0.477 e. The topological polar surface area (TPSA) is 49.7 Å². The van der Waals surface area contributed by atoms with Crippen molar-refractivity contribution in [1.29, 1.82) is 0 Å². The van der Waals surface area contributed by atoms with E-state index in [4.69, 9.17) is 0 Å². The summed E-state index contributed by atoms with van der Waals surface area (Å²) in [5.41, 5.74) is 0. The molecule has 0 saturated carbocycles.